The van der Waals surface area contributed by atoms with E-state index >= 15 is 0 Å². The third-order valence-corrected chi connectivity index (χ3v) is 2.17. The number of alkyl halides is 2. The lowest BCUT2D eigenvalue weighted by molar-refractivity contribution is 0.244. The van der Waals surface area contributed by atoms with Gasteiger partial charge in [-0.3, -0.25) is 0 Å². The highest BCUT2D eigenvalue weighted by atomic mass is 79.9. The zero-order valence-corrected chi connectivity index (χ0v) is 10.5. The average molecular weight is 388 g/mol. The molecule has 0 fully saturated rings. The summed E-state index contributed by atoms with van der Waals surface area (Å²) in [4.78, 5) is 0. The van der Waals surface area contributed by atoms with Gasteiger partial charge in [-0.05, 0) is 37.9 Å². The molecule has 9 heavy (non-hydrogen) atoms. The first-order valence-corrected chi connectivity index (χ1v) is 5.45. The van der Waals surface area contributed by atoms with E-state index in [1.165, 1.54) is 0 Å². The van der Waals surface area contributed by atoms with Crippen molar-refractivity contribution in [3.8, 4) is 0 Å². The SMILES string of the molecule is OC(C=C(Br)Br)C(Br)Br. The highest BCUT2D eigenvalue weighted by Gasteiger charge is 2.08. The van der Waals surface area contributed by atoms with Gasteiger partial charge in [-0.25, -0.2) is 0 Å². The van der Waals surface area contributed by atoms with Gasteiger partial charge in [0.15, 0.2) is 0 Å². The molecule has 0 aromatic rings. The maximum absolute atomic E-state index is 9.07. The molecule has 0 heterocycles. The summed E-state index contributed by atoms with van der Waals surface area (Å²) in [5, 5.41) is 9.07. The third-order valence-electron chi connectivity index (χ3n) is 0.555. The van der Waals surface area contributed by atoms with Crippen molar-refractivity contribution in [3.63, 3.8) is 0 Å². The fourth-order valence-corrected chi connectivity index (χ4v) is 1.05. The van der Waals surface area contributed by atoms with Gasteiger partial charge in [-0.15, -0.1) is 0 Å². The Morgan fingerprint density at radius 3 is 1.89 bits per heavy atom. The lowest BCUT2D eigenvalue weighted by Crippen LogP contribution is -2.10. The summed E-state index contributed by atoms with van der Waals surface area (Å²) < 4.78 is 0.640. The standard InChI is InChI=1S/C4H4Br4O/c5-3(6)1-2(9)4(7)8/h1-2,4,9H. The molecule has 1 nitrogen and oxygen atoms in total. The molecule has 0 aliphatic carbocycles. The first-order valence-electron chi connectivity index (χ1n) is 2.03. The van der Waals surface area contributed by atoms with Crippen LogP contribution in [0.2, 0.25) is 0 Å². The predicted molar refractivity (Wildman–Crippen MR) is 53.6 cm³/mol. The minimum Gasteiger partial charge on any atom is -0.387 e. The molecule has 1 atom stereocenters. The van der Waals surface area contributed by atoms with Crippen molar-refractivity contribution < 1.29 is 5.11 Å². The zero-order valence-electron chi connectivity index (χ0n) is 4.19. The van der Waals surface area contributed by atoms with E-state index < -0.39 is 6.10 Å². The highest BCUT2D eigenvalue weighted by Crippen LogP contribution is 2.20. The molecule has 0 saturated carbocycles. The Balaban J connectivity index is 3.76. The molecule has 0 aliphatic heterocycles. The topological polar surface area (TPSA) is 20.2 Å². The lowest BCUT2D eigenvalue weighted by atomic mass is 10.4. The Hall–Kier alpha value is 1.62. The van der Waals surface area contributed by atoms with Crippen LogP contribution < -0.4 is 0 Å². The van der Waals surface area contributed by atoms with Crippen molar-refractivity contribution in [2.75, 3.05) is 0 Å². The van der Waals surface area contributed by atoms with E-state index in [0.29, 0.717) is 0 Å². The molecule has 1 N–H and O–H groups in total. The van der Waals surface area contributed by atoms with Crippen LogP contribution in [-0.2, 0) is 0 Å². The summed E-state index contributed by atoms with van der Waals surface area (Å²) in [6.07, 6.45) is 1.09. The van der Waals surface area contributed by atoms with Crippen molar-refractivity contribution in [2.24, 2.45) is 0 Å². The summed E-state index contributed by atoms with van der Waals surface area (Å²) in [6, 6.07) is 0. The minimum atomic E-state index is -0.529. The van der Waals surface area contributed by atoms with Crippen molar-refractivity contribution in [2.45, 2.75) is 9.84 Å². The molecule has 0 aliphatic rings. The average Bonchev–Trinajstić information content (AvgIpc) is 1.63. The van der Waals surface area contributed by atoms with Crippen molar-refractivity contribution in [1.29, 1.82) is 0 Å². The van der Waals surface area contributed by atoms with E-state index in [1.54, 1.807) is 6.08 Å². The maximum Gasteiger partial charge on any atom is 0.0992 e. The molecule has 0 aromatic carbocycles. The second-order valence-corrected chi connectivity index (χ2v) is 7.26. The van der Waals surface area contributed by atoms with Gasteiger partial charge in [0.05, 0.1) is 13.2 Å². The quantitative estimate of drug-likeness (QED) is 0.722. The second-order valence-electron chi connectivity index (χ2n) is 1.28. The third kappa shape index (κ3) is 6.04. The Labute approximate surface area is 87.4 Å². The zero-order chi connectivity index (χ0) is 7.44. The number of aliphatic hydroxyl groups is 1. The van der Waals surface area contributed by atoms with Gasteiger partial charge in [0.25, 0.3) is 0 Å². The molecule has 0 aromatic heterocycles. The van der Waals surface area contributed by atoms with E-state index in [9.17, 15) is 0 Å². The van der Waals surface area contributed by atoms with E-state index in [2.05, 4.69) is 63.7 Å². The molecular formula is C4H4Br4O. The monoisotopic (exact) mass is 384 g/mol. The van der Waals surface area contributed by atoms with Crippen LogP contribution in [0.15, 0.2) is 9.47 Å². The smallest absolute Gasteiger partial charge is 0.0992 e. The van der Waals surface area contributed by atoms with Crippen molar-refractivity contribution >= 4 is 63.7 Å². The first kappa shape index (κ1) is 10.6. The maximum atomic E-state index is 9.07. The number of hydrogen-bond donors (Lipinski definition) is 1. The van der Waals surface area contributed by atoms with E-state index in [-0.39, 0.29) is 3.74 Å². The van der Waals surface area contributed by atoms with Gasteiger partial charge in [0.2, 0.25) is 0 Å². The highest BCUT2D eigenvalue weighted by molar-refractivity contribution is 9.28. The molecule has 54 valence electrons. The van der Waals surface area contributed by atoms with Crippen molar-refractivity contribution in [3.05, 3.63) is 9.47 Å². The summed E-state index contributed by atoms with van der Waals surface area (Å²) >= 11 is 12.5. The summed E-state index contributed by atoms with van der Waals surface area (Å²) in [5.74, 6) is 0. The molecule has 0 rings (SSSR count). The van der Waals surface area contributed by atoms with E-state index in [1.807, 2.05) is 0 Å². The molecule has 0 spiro atoms. The van der Waals surface area contributed by atoms with Gasteiger partial charge in [-0.1, -0.05) is 31.9 Å². The fourth-order valence-electron chi connectivity index (χ4n) is 0.202. The van der Waals surface area contributed by atoms with Gasteiger partial charge >= 0.3 is 0 Å². The number of rotatable bonds is 2. The Kier molecular flexibility index (Phi) is 6.25. The van der Waals surface area contributed by atoms with Crippen LogP contribution in [0.1, 0.15) is 0 Å². The summed E-state index contributed by atoms with van der Waals surface area (Å²) in [7, 11) is 0. The predicted octanol–water partition coefficient (Wildman–Crippen LogP) is 3.09. The summed E-state index contributed by atoms with van der Waals surface area (Å²) in [6.45, 7) is 0. The van der Waals surface area contributed by atoms with Crippen LogP contribution in [0.25, 0.3) is 0 Å². The summed E-state index contributed by atoms with van der Waals surface area (Å²) in [5.41, 5.74) is 0. The number of aliphatic hydroxyl groups excluding tert-OH is 1. The minimum absolute atomic E-state index is 0.102. The van der Waals surface area contributed by atoms with Gasteiger partial charge in [-0.2, -0.15) is 0 Å². The molecule has 0 amide bonds. The first-order chi connectivity index (χ1) is 4.04. The van der Waals surface area contributed by atoms with Gasteiger partial charge < -0.3 is 5.11 Å². The van der Waals surface area contributed by atoms with Crippen LogP contribution in [0.3, 0.4) is 0 Å². The molecule has 0 saturated heterocycles. The lowest BCUT2D eigenvalue weighted by Gasteiger charge is -2.04. The molecule has 0 bridgehead atoms. The Morgan fingerprint density at radius 1 is 1.33 bits per heavy atom. The number of hydrogen-bond acceptors (Lipinski definition) is 1. The van der Waals surface area contributed by atoms with E-state index in [4.69, 9.17) is 5.11 Å². The van der Waals surface area contributed by atoms with Crippen LogP contribution >= 0.6 is 63.7 Å². The molecule has 5 heteroatoms. The molecule has 1 unspecified atom stereocenters. The van der Waals surface area contributed by atoms with Gasteiger partial charge in [0.1, 0.15) is 0 Å². The molecular weight excluding hydrogens is 384 g/mol. The molecule has 0 radical (unpaired) electrons. The van der Waals surface area contributed by atoms with Crippen LogP contribution in [0.4, 0.5) is 0 Å². The Morgan fingerprint density at radius 2 is 1.78 bits per heavy atom. The van der Waals surface area contributed by atoms with Crippen molar-refractivity contribution in [1.82, 2.24) is 0 Å². The number of halogens is 4. The largest absolute Gasteiger partial charge is 0.387 e. The Bertz CT molecular complexity index is 107. The van der Waals surface area contributed by atoms with Crippen LogP contribution in [0.5, 0.6) is 0 Å². The van der Waals surface area contributed by atoms with Gasteiger partial charge in [0, 0.05) is 0 Å². The van der Waals surface area contributed by atoms with E-state index in [0.717, 1.165) is 3.39 Å². The van der Waals surface area contributed by atoms with Crippen LogP contribution in [-0.4, -0.2) is 14.9 Å². The van der Waals surface area contributed by atoms with Crippen LogP contribution in [0, 0.1) is 0 Å². The normalized spacial score (nSPS) is 13.6. The fraction of sp³-hybridized carbons (Fsp3) is 0.500. The second kappa shape index (κ2) is 5.29.